The Labute approximate surface area is 154 Å². The van der Waals surface area contributed by atoms with Crippen LogP contribution in [-0.4, -0.2) is 26.8 Å². The van der Waals surface area contributed by atoms with E-state index < -0.39 is 20.9 Å². The fourth-order valence-corrected chi connectivity index (χ4v) is 2.82. The summed E-state index contributed by atoms with van der Waals surface area (Å²) in [4.78, 5) is 2.68. The van der Waals surface area contributed by atoms with E-state index >= 15 is 0 Å². The van der Waals surface area contributed by atoms with Gasteiger partial charge in [-0.05, 0) is 56.8 Å². The summed E-state index contributed by atoms with van der Waals surface area (Å²) in [5.74, 6) is 6.02. The number of nitrogens with zero attached hydrogens (tertiary/aromatic N) is 3. The number of alkyl halides is 1. The van der Waals surface area contributed by atoms with Crippen molar-refractivity contribution in [3.05, 3.63) is 45.8 Å². The fraction of sp³-hybridized carbons (Fsp3) is 0.556. The van der Waals surface area contributed by atoms with Crippen molar-refractivity contribution in [1.82, 2.24) is 4.72 Å². The van der Waals surface area contributed by atoms with Gasteiger partial charge >= 0.3 is 0 Å². The Morgan fingerprint density at radius 2 is 1.96 bits per heavy atom. The van der Waals surface area contributed by atoms with Crippen LogP contribution < -0.4 is 4.72 Å². The fourth-order valence-electron chi connectivity index (χ4n) is 2.01. The van der Waals surface area contributed by atoms with E-state index in [1.165, 1.54) is 6.92 Å². The molecule has 1 aromatic carbocycles. The van der Waals surface area contributed by atoms with Gasteiger partial charge < -0.3 is 0 Å². The minimum atomic E-state index is -3.51. The van der Waals surface area contributed by atoms with Crippen LogP contribution >= 0.6 is 0 Å². The molecule has 1 atom stereocenters. The van der Waals surface area contributed by atoms with E-state index in [1.54, 1.807) is 38.1 Å². The molecule has 0 spiro atoms. The first-order valence-corrected chi connectivity index (χ1v) is 10.0. The van der Waals surface area contributed by atoms with Crippen LogP contribution in [0.25, 0.3) is 10.4 Å². The predicted octanol–water partition coefficient (Wildman–Crippen LogP) is 4.03. The summed E-state index contributed by atoms with van der Waals surface area (Å²) in [6.07, 6.45) is 2.34. The first kappa shape index (κ1) is 22.0. The second kappa shape index (κ2) is 10.2. The van der Waals surface area contributed by atoms with Crippen molar-refractivity contribution < 1.29 is 12.8 Å². The van der Waals surface area contributed by atoms with Crippen molar-refractivity contribution in [3.8, 4) is 11.8 Å². The van der Waals surface area contributed by atoms with Crippen LogP contribution in [0.4, 0.5) is 4.39 Å². The van der Waals surface area contributed by atoms with Gasteiger partial charge in [0.2, 0.25) is 10.0 Å². The molecular formula is C18H25FN4O2S. The molecule has 0 saturated heterocycles. The van der Waals surface area contributed by atoms with Crippen molar-refractivity contribution in [1.29, 1.82) is 0 Å². The molecule has 0 heterocycles. The number of unbranched alkanes of at least 4 members (excludes halogenated alkanes) is 2. The zero-order chi connectivity index (χ0) is 19.6. The molecule has 1 rings (SSSR count). The molecule has 0 bridgehead atoms. The standard InChI is InChI=1S/C18H25FN4O2S/c1-15(2)26(24,25)22-14-18(3,19)17-11-9-16(10-12-17)8-6-4-5-7-13-21-23-20/h9-12,15,22H,4-5,7,13-14H2,1-3H3. The Morgan fingerprint density at radius 3 is 2.54 bits per heavy atom. The van der Waals surface area contributed by atoms with Crippen LogP contribution in [0.3, 0.4) is 0 Å². The molecule has 6 nitrogen and oxygen atoms in total. The minimum Gasteiger partial charge on any atom is -0.238 e. The van der Waals surface area contributed by atoms with Crippen molar-refractivity contribution in [2.45, 2.75) is 51.0 Å². The third-order valence-electron chi connectivity index (χ3n) is 3.82. The number of sulfonamides is 1. The molecule has 142 valence electrons. The maximum absolute atomic E-state index is 14.8. The summed E-state index contributed by atoms with van der Waals surface area (Å²) in [6.45, 7) is 4.59. The van der Waals surface area contributed by atoms with Gasteiger partial charge in [0.15, 0.2) is 0 Å². The molecule has 1 N–H and O–H groups in total. The zero-order valence-corrected chi connectivity index (χ0v) is 16.2. The summed E-state index contributed by atoms with van der Waals surface area (Å²) < 4.78 is 40.7. The molecule has 0 aliphatic heterocycles. The first-order valence-electron chi connectivity index (χ1n) is 8.47. The summed E-state index contributed by atoms with van der Waals surface area (Å²) in [6, 6.07) is 6.68. The van der Waals surface area contributed by atoms with Gasteiger partial charge in [-0.3, -0.25) is 0 Å². The lowest BCUT2D eigenvalue weighted by Crippen LogP contribution is -2.39. The van der Waals surface area contributed by atoms with Crippen molar-refractivity contribution in [2.24, 2.45) is 5.11 Å². The van der Waals surface area contributed by atoms with Gasteiger partial charge in [-0.15, -0.1) is 0 Å². The number of halogens is 1. The number of hydrogen-bond donors (Lipinski definition) is 1. The van der Waals surface area contributed by atoms with Gasteiger partial charge in [0.25, 0.3) is 0 Å². The highest BCUT2D eigenvalue weighted by Crippen LogP contribution is 2.25. The lowest BCUT2D eigenvalue weighted by Gasteiger charge is -2.22. The minimum absolute atomic E-state index is 0.316. The van der Waals surface area contributed by atoms with Crippen molar-refractivity contribution in [3.63, 3.8) is 0 Å². The monoisotopic (exact) mass is 380 g/mol. The lowest BCUT2D eigenvalue weighted by atomic mass is 9.97. The normalized spacial score (nSPS) is 13.4. The lowest BCUT2D eigenvalue weighted by molar-refractivity contribution is 0.196. The highest BCUT2D eigenvalue weighted by atomic mass is 32.2. The van der Waals surface area contributed by atoms with Crippen molar-refractivity contribution in [2.75, 3.05) is 13.1 Å². The first-order chi connectivity index (χ1) is 12.2. The molecule has 0 aromatic heterocycles. The second-order valence-electron chi connectivity index (χ2n) is 6.40. The van der Waals surface area contributed by atoms with Gasteiger partial charge in [-0.1, -0.05) is 29.1 Å². The van der Waals surface area contributed by atoms with E-state index in [-0.39, 0.29) is 6.54 Å². The Morgan fingerprint density at radius 1 is 1.31 bits per heavy atom. The second-order valence-corrected chi connectivity index (χ2v) is 8.72. The highest BCUT2D eigenvalue weighted by Gasteiger charge is 2.28. The average molecular weight is 380 g/mol. The molecule has 0 radical (unpaired) electrons. The topological polar surface area (TPSA) is 94.9 Å². The Bertz CT molecular complexity index is 787. The van der Waals surface area contributed by atoms with Crippen LogP contribution in [0, 0.1) is 11.8 Å². The molecule has 1 unspecified atom stereocenters. The van der Waals surface area contributed by atoms with E-state index in [0.717, 1.165) is 18.4 Å². The number of benzene rings is 1. The Hall–Kier alpha value is -2.07. The van der Waals surface area contributed by atoms with Crippen LogP contribution in [0.1, 0.15) is 51.2 Å². The quantitative estimate of drug-likeness (QED) is 0.230. The van der Waals surface area contributed by atoms with Gasteiger partial charge in [0.1, 0.15) is 5.67 Å². The average Bonchev–Trinajstić information content (AvgIpc) is 2.60. The molecular weight excluding hydrogens is 355 g/mol. The van der Waals surface area contributed by atoms with Gasteiger partial charge in [0, 0.05) is 30.0 Å². The third kappa shape index (κ3) is 7.44. The molecule has 0 fully saturated rings. The highest BCUT2D eigenvalue weighted by molar-refractivity contribution is 7.90. The van der Waals surface area contributed by atoms with E-state index in [4.69, 9.17) is 5.53 Å². The SMILES string of the molecule is CC(C)S(=O)(=O)NCC(C)(F)c1ccc(C#CCCCCN=[N+]=[N-])cc1. The van der Waals surface area contributed by atoms with E-state index in [2.05, 4.69) is 26.6 Å². The molecule has 1 aromatic rings. The molecule has 26 heavy (non-hydrogen) atoms. The van der Waals surface area contributed by atoms with Crippen LogP contribution in [-0.2, 0) is 15.7 Å². The summed E-state index contributed by atoms with van der Waals surface area (Å²) in [5.41, 5.74) is 7.51. The van der Waals surface area contributed by atoms with Crippen LogP contribution in [0.15, 0.2) is 29.4 Å². The van der Waals surface area contributed by atoms with Gasteiger partial charge in [-0.25, -0.2) is 17.5 Å². The zero-order valence-electron chi connectivity index (χ0n) is 15.4. The Kier molecular flexibility index (Phi) is 8.59. The summed E-state index contributed by atoms with van der Waals surface area (Å²) in [7, 11) is -3.51. The number of rotatable bonds is 9. The molecule has 0 aliphatic carbocycles. The number of azide groups is 1. The predicted molar refractivity (Wildman–Crippen MR) is 102 cm³/mol. The maximum Gasteiger partial charge on any atom is 0.214 e. The van der Waals surface area contributed by atoms with E-state index in [9.17, 15) is 12.8 Å². The Balaban J connectivity index is 2.61. The molecule has 0 aliphatic rings. The number of nitrogens with one attached hydrogen (secondary N) is 1. The summed E-state index contributed by atoms with van der Waals surface area (Å²) in [5, 5.41) is 2.85. The van der Waals surface area contributed by atoms with E-state index in [0.29, 0.717) is 18.5 Å². The number of hydrogen-bond acceptors (Lipinski definition) is 3. The van der Waals surface area contributed by atoms with Crippen molar-refractivity contribution >= 4 is 10.0 Å². The van der Waals surface area contributed by atoms with Gasteiger partial charge in [-0.2, -0.15) is 0 Å². The maximum atomic E-state index is 14.8. The van der Waals surface area contributed by atoms with Crippen LogP contribution in [0.5, 0.6) is 0 Å². The van der Waals surface area contributed by atoms with E-state index in [1.807, 2.05) is 0 Å². The smallest absolute Gasteiger partial charge is 0.214 e. The molecule has 8 heteroatoms. The van der Waals surface area contributed by atoms with Crippen LogP contribution in [0.2, 0.25) is 0 Å². The molecule has 0 amide bonds. The third-order valence-corrected chi connectivity index (χ3v) is 5.61. The summed E-state index contributed by atoms with van der Waals surface area (Å²) >= 11 is 0. The molecule has 0 saturated carbocycles. The largest absolute Gasteiger partial charge is 0.238 e. The van der Waals surface area contributed by atoms with Gasteiger partial charge in [0.05, 0.1) is 5.25 Å².